The summed E-state index contributed by atoms with van der Waals surface area (Å²) in [6.07, 6.45) is -4.14. The van der Waals surface area contributed by atoms with Gasteiger partial charge in [0.15, 0.2) is 5.03 Å². The molecule has 4 rings (SSSR count). The first-order chi connectivity index (χ1) is 21.2. The van der Waals surface area contributed by atoms with Gasteiger partial charge in [0, 0.05) is 12.3 Å². The normalized spacial score (nSPS) is 11.0. The predicted molar refractivity (Wildman–Crippen MR) is 153 cm³/mol. The van der Waals surface area contributed by atoms with E-state index in [1.54, 1.807) is 24.3 Å². The molecule has 0 radical (unpaired) electrons. The lowest BCUT2D eigenvalue weighted by Crippen LogP contribution is -2.36. The van der Waals surface area contributed by atoms with Gasteiger partial charge in [0.2, 0.25) is 17.7 Å². The lowest BCUT2D eigenvalue weighted by atomic mass is 10.2. The van der Waals surface area contributed by atoms with Gasteiger partial charge in [-0.3, -0.25) is 15.4 Å². The average molecular weight is 672 g/mol. The Morgan fingerprint density at radius 2 is 1.64 bits per heavy atom. The zero-order valence-electron chi connectivity index (χ0n) is 22.9. The van der Waals surface area contributed by atoms with E-state index < -0.39 is 43.7 Å². The summed E-state index contributed by atoms with van der Waals surface area (Å²) >= 11 is 5.94. The van der Waals surface area contributed by atoms with Crippen molar-refractivity contribution in [3.05, 3.63) is 87.6 Å². The fourth-order valence-electron chi connectivity index (χ4n) is 3.20. The van der Waals surface area contributed by atoms with Gasteiger partial charge in [-0.05, 0) is 30.3 Å². The minimum absolute atomic E-state index is 0.0101. The summed E-state index contributed by atoms with van der Waals surface area (Å²) in [6, 6.07) is 12.9. The van der Waals surface area contributed by atoms with E-state index in [1.165, 1.54) is 37.1 Å². The van der Waals surface area contributed by atoms with Crippen molar-refractivity contribution in [2.75, 3.05) is 25.3 Å². The number of nitrogens with two attached hydrogens (primary N) is 1. The third-order valence-electron chi connectivity index (χ3n) is 5.17. The number of nitrogens with zero attached hydrogens (tertiary/aromatic N) is 4. The third-order valence-corrected chi connectivity index (χ3v) is 6.85. The number of anilines is 2. The number of carbonyl (C=O) groups excluding carboxylic acids is 1. The molecular formula is C25H21ClF3N7O8S. The van der Waals surface area contributed by atoms with Crippen LogP contribution in [0.2, 0.25) is 5.02 Å². The molecule has 0 spiro atoms. The molecule has 0 atom stereocenters. The molecule has 4 aromatic rings. The molecule has 15 nitrogen and oxygen atoms in total. The number of nitro groups is 1. The number of rotatable bonds is 8. The molecule has 4 N–H and O–H groups in total. The Morgan fingerprint density at radius 3 is 2.20 bits per heavy atom. The van der Waals surface area contributed by atoms with Crippen molar-refractivity contribution < 1.29 is 45.5 Å². The Kier molecular flexibility index (Phi) is 10.9. The molecule has 238 valence electrons. The zero-order valence-corrected chi connectivity index (χ0v) is 24.5. The highest BCUT2D eigenvalue weighted by atomic mass is 35.5. The number of carbonyl (C=O) groups is 1. The molecule has 2 heterocycles. The average Bonchev–Trinajstić information content (AvgIpc) is 2.99. The lowest BCUT2D eigenvalue weighted by Gasteiger charge is -2.13. The molecule has 45 heavy (non-hydrogen) atoms. The van der Waals surface area contributed by atoms with Gasteiger partial charge in [-0.15, -0.1) is 0 Å². The highest BCUT2D eigenvalue weighted by Crippen LogP contribution is 2.39. The molecule has 0 saturated carbocycles. The van der Waals surface area contributed by atoms with E-state index in [0.717, 1.165) is 12.3 Å². The van der Waals surface area contributed by atoms with Crippen LogP contribution in [0.4, 0.5) is 35.3 Å². The Balaban J connectivity index is 0.000000265. The number of ether oxygens (including phenoxy) is 3. The number of para-hydroxylation sites is 1. The summed E-state index contributed by atoms with van der Waals surface area (Å²) in [5.74, 6) is 0.433. The van der Waals surface area contributed by atoms with Crippen LogP contribution < -0.4 is 30.0 Å². The molecule has 2 amide bonds. The highest BCUT2D eigenvalue weighted by molar-refractivity contribution is 7.90. The summed E-state index contributed by atoms with van der Waals surface area (Å²) < 4.78 is 79.7. The molecule has 0 saturated heterocycles. The van der Waals surface area contributed by atoms with Gasteiger partial charge in [0.05, 0.1) is 30.8 Å². The number of nitrogens with one attached hydrogen (secondary N) is 2. The van der Waals surface area contributed by atoms with Gasteiger partial charge < -0.3 is 19.9 Å². The first-order valence-corrected chi connectivity index (χ1v) is 13.8. The Morgan fingerprint density at radius 1 is 1.02 bits per heavy atom. The Bertz CT molecular complexity index is 1780. The van der Waals surface area contributed by atoms with Crippen molar-refractivity contribution in [2.45, 2.75) is 11.2 Å². The fourth-order valence-corrected chi connectivity index (χ4v) is 4.47. The summed E-state index contributed by atoms with van der Waals surface area (Å²) in [6.45, 7) is 0. The van der Waals surface area contributed by atoms with Gasteiger partial charge in [0.1, 0.15) is 22.2 Å². The SMILES string of the molecule is COc1cc(OC)nc(NC(=O)NS(=O)(=O)c2ncccc2C(F)(F)F)n1.Nc1c([N+](=O)[O-])ccc(Oc2ccccc2)c1Cl. The van der Waals surface area contributed by atoms with Crippen molar-refractivity contribution >= 4 is 45.0 Å². The summed E-state index contributed by atoms with van der Waals surface area (Å²) in [5.41, 5.74) is 3.72. The molecule has 0 unspecified atom stereocenters. The van der Waals surface area contributed by atoms with Gasteiger partial charge in [-0.1, -0.05) is 29.8 Å². The minimum atomic E-state index is -4.99. The second-order valence-electron chi connectivity index (χ2n) is 8.17. The number of sulfonamides is 1. The van der Waals surface area contributed by atoms with Crippen molar-refractivity contribution in [3.8, 4) is 23.3 Å². The number of alkyl halides is 3. The lowest BCUT2D eigenvalue weighted by molar-refractivity contribution is -0.383. The summed E-state index contributed by atoms with van der Waals surface area (Å²) in [7, 11) is -2.39. The Labute approximate surface area is 257 Å². The number of pyridine rings is 1. The van der Waals surface area contributed by atoms with Crippen molar-refractivity contribution in [3.63, 3.8) is 0 Å². The third kappa shape index (κ3) is 9.03. The van der Waals surface area contributed by atoms with Gasteiger partial charge >= 0.3 is 12.2 Å². The number of halogens is 4. The number of benzene rings is 2. The van der Waals surface area contributed by atoms with E-state index in [0.29, 0.717) is 11.8 Å². The van der Waals surface area contributed by atoms with Crippen LogP contribution in [-0.2, 0) is 16.2 Å². The molecule has 20 heteroatoms. The van der Waals surface area contributed by atoms with E-state index in [-0.39, 0.29) is 33.9 Å². The van der Waals surface area contributed by atoms with Crippen molar-refractivity contribution in [1.29, 1.82) is 0 Å². The maximum absolute atomic E-state index is 12.9. The van der Waals surface area contributed by atoms with Crippen LogP contribution in [0.1, 0.15) is 5.56 Å². The number of methoxy groups -OCH3 is 2. The molecule has 2 aromatic heterocycles. The number of aromatic nitrogens is 3. The molecule has 0 bridgehead atoms. The van der Waals surface area contributed by atoms with Crippen LogP contribution in [-0.4, -0.2) is 48.5 Å². The maximum Gasteiger partial charge on any atom is 0.419 e. The monoisotopic (exact) mass is 671 g/mol. The van der Waals surface area contributed by atoms with E-state index in [9.17, 15) is 36.5 Å². The first-order valence-electron chi connectivity index (χ1n) is 11.9. The largest absolute Gasteiger partial charge is 0.481 e. The fraction of sp³-hybridized carbons (Fsp3) is 0.120. The van der Waals surface area contributed by atoms with Gasteiger partial charge in [-0.25, -0.2) is 14.5 Å². The number of hydrogen-bond acceptors (Lipinski definition) is 12. The second kappa shape index (κ2) is 14.4. The smallest absolute Gasteiger partial charge is 0.419 e. The first kappa shape index (κ1) is 34.1. The molecular weight excluding hydrogens is 651 g/mol. The highest BCUT2D eigenvalue weighted by Gasteiger charge is 2.38. The van der Waals surface area contributed by atoms with Crippen LogP contribution in [0, 0.1) is 10.1 Å². The number of urea groups is 1. The van der Waals surface area contributed by atoms with E-state index in [4.69, 9.17) is 31.5 Å². The van der Waals surface area contributed by atoms with Crippen LogP contribution in [0.15, 0.2) is 71.9 Å². The minimum Gasteiger partial charge on any atom is -0.481 e. The topological polar surface area (TPSA) is 211 Å². The van der Waals surface area contributed by atoms with Crippen LogP contribution >= 0.6 is 11.6 Å². The van der Waals surface area contributed by atoms with Crippen LogP contribution in [0.5, 0.6) is 23.3 Å². The summed E-state index contributed by atoms with van der Waals surface area (Å²) in [5, 5.41) is 11.3. The van der Waals surface area contributed by atoms with Crippen molar-refractivity contribution in [2.24, 2.45) is 0 Å². The van der Waals surface area contributed by atoms with Gasteiger partial charge in [-0.2, -0.15) is 31.6 Å². The molecule has 0 aliphatic rings. The molecule has 0 fully saturated rings. The number of nitro benzene ring substituents is 1. The standard InChI is InChI=1S/C13H12F3N5O5S.C12H9ClN2O3/c1-25-8-6-9(26-2)19-11(18-8)20-12(22)21-27(23,24)10-7(13(14,15)16)4-3-5-17-10;13-11-10(18-8-4-2-1-3-5-8)7-6-9(12(11)14)15(16)17/h3-6H,1-2H3,(H2,18,19,20,21,22);1-7H,14H2. The van der Waals surface area contributed by atoms with Crippen LogP contribution in [0.25, 0.3) is 0 Å². The Hall–Kier alpha value is -5.43. The number of nitrogen functional groups attached to an aromatic ring is 1. The number of hydrogen-bond donors (Lipinski definition) is 3. The van der Waals surface area contributed by atoms with E-state index in [1.807, 2.05) is 11.4 Å². The maximum atomic E-state index is 12.9. The summed E-state index contributed by atoms with van der Waals surface area (Å²) in [4.78, 5) is 32.6. The zero-order chi connectivity index (χ0) is 33.4. The number of amides is 2. The molecule has 0 aliphatic carbocycles. The van der Waals surface area contributed by atoms with Gasteiger partial charge in [0.25, 0.3) is 15.7 Å². The van der Waals surface area contributed by atoms with E-state index in [2.05, 4.69) is 15.0 Å². The van der Waals surface area contributed by atoms with Crippen molar-refractivity contribution in [1.82, 2.24) is 19.7 Å². The molecule has 0 aliphatic heterocycles. The second-order valence-corrected chi connectivity index (χ2v) is 10.1. The molecule has 2 aromatic carbocycles. The van der Waals surface area contributed by atoms with E-state index >= 15 is 0 Å². The quantitative estimate of drug-likeness (QED) is 0.128. The van der Waals surface area contributed by atoms with Crippen LogP contribution in [0.3, 0.4) is 0 Å². The predicted octanol–water partition coefficient (Wildman–Crippen LogP) is 5.04.